The van der Waals surface area contributed by atoms with Crippen LogP contribution in [-0.4, -0.2) is 15.1 Å². The van der Waals surface area contributed by atoms with Crippen LogP contribution in [0.25, 0.3) is 11.5 Å². The molecule has 10 heteroatoms. The van der Waals surface area contributed by atoms with Crippen molar-refractivity contribution in [1.82, 2.24) is 20.2 Å². The number of nitrogens with zero attached hydrogens (tertiary/aromatic N) is 4. The van der Waals surface area contributed by atoms with Crippen molar-refractivity contribution in [3.8, 4) is 11.5 Å². The van der Waals surface area contributed by atoms with E-state index in [1.807, 2.05) is 0 Å². The smallest absolute Gasteiger partial charge is 0.413 e. The zero-order valence-electron chi connectivity index (χ0n) is 29.8. The molecule has 2 aromatic heterocycles. The topological polar surface area (TPSA) is 52.8 Å². The Labute approximate surface area is 333 Å². The van der Waals surface area contributed by atoms with Crippen molar-refractivity contribution in [3.05, 3.63) is 212 Å². The van der Waals surface area contributed by atoms with Crippen LogP contribution in [-0.2, 0) is 23.2 Å². The first-order valence-corrected chi connectivity index (χ1v) is 20.3. The van der Waals surface area contributed by atoms with Gasteiger partial charge in [-0.3, -0.25) is 10.1 Å². The van der Waals surface area contributed by atoms with E-state index in [1.165, 1.54) is 38.0 Å². The van der Waals surface area contributed by atoms with E-state index >= 15 is 0 Å². The molecule has 8 aromatic rings. The van der Waals surface area contributed by atoms with E-state index in [-0.39, 0.29) is 28.6 Å². The Balaban J connectivity index is 0.000000158. The summed E-state index contributed by atoms with van der Waals surface area (Å²) in [4.78, 5) is 7.16. The molecule has 0 spiro atoms. The van der Waals surface area contributed by atoms with Gasteiger partial charge in [-0.25, -0.2) is 0 Å². The maximum absolute atomic E-state index is 12.2. The molecule has 0 atom stereocenters. The van der Waals surface area contributed by atoms with Crippen LogP contribution < -0.4 is 36.9 Å². The van der Waals surface area contributed by atoms with Crippen LogP contribution in [0.4, 0.5) is 13.2 Å². The van der Waals surface area contributed by atoms with Crippen LogP contribution in [0.15, 0.2) is 200 Å². The Morgan fingerprint density at radius 2 is 0.782 bits per heavy atom. The van der Waals surface area contributed by atoms with Gasteiger partial charge in [0, 0.05) is 6.20 Å². The van der Waals surface area contributed by atoms with Crippen LogP contribution in [0.5, 0.6) is 0 Å². The third-order valence-corrected chi connectivity index (χ3v) is 13.7. The van der Waals surface area contributed by atoms with E-state index in [9.17, 15) is 13.2 Å². The summed E-state index contributed by atoms with van der Waals surface area (Å²) in [5.74, 6) is -1.36. The van der Waals surface area contributed by atoms with Crippen molar-refractivity contribution in [2.45, 2.75) is 13.1 Å². The van der Waals surface area contributed by atoms with Crippen molar-refractivity contribution < 1.29 is 30.2 Å². The molecule has 0 unspecified atom stereocenters. The number of hydrogen-bond acceptors (Lipinski definition) is 3. The minimum absolute atomic E-state index is 0. The number of benzene rings is 6. The zero-order valence-corrected chi connectivity index (χ0v) is 32.7. The molecule has 278 valence electrons. The Morgan fingerprint density at radius 1 is 0.473 bits per heavy atom. The van der Waals surface area contributed by atoms with Gasteiger partial charge in [0.15, 0.2) is 0 Å². The van der Waals surface area contributed by atoms with E-state index in [2.05, 4.69) is 202 Å². The summed E-state index contributed by atoms with van der Waals surface area (Å²) < 4.78 is 36.6. The van der Waals surface area contributed by atoms with Gasteiger partial charge in [0.2, 0.25) is 0 Å². The predicted octanol–water partition coefficient (Wildman–Crippen LogP) is 8.17. The molecule has 55 heavy (non-hydrogen) atoms. The van der Waals surface area contributed by atoms with Gasteiger partial charge in [0.1, 0.15) is 37.7 Å². The van der Waals surface area contributed by atoms with Gasteiger partial charge in [-0.15, -0.1) is 0 Å². The fourth-order valence-electron chi connectivity index (χ4n) is 5.76. The second kappa shape index (κ2) is 20.5. The van der Waals surface area contributed by atoms with Crippen LogP contribution in [0.3, 0.4) is 0 Å². The molecule has 8 rings (SSSR count). The van der Waals surface area contributed by atoms with Gasteiger partial charge < -0.3 is 10.1 Å². The molecule has 0 aliphatic heterocycles. The predicted molar refractivity (Wildman–Crippen MR) is 221 cm³/mol. The molecule has 2 heterocycles. The fourth-order valence-corrected chi connectivity index (χ4v) is 10.9. The Kier molecular flexibility index (Phi) is 15.2. The maximum Gasteiger partial charge on any atom is 1.00 e. The fraction of sp³-hybridized carbons (Fsp3) is 0.0444. The third-order valence-electron chi connectivity index (χ3n) is 8.22. The van der Waals surface area contributed by atoms with Crippen molar-refractivity contribution >= 4 is 47.7 Å². The summed E-state index contributed by atoms with van der Waals surface area (Å²) in [6.45, 7) is 1.80. The first-order valence-electron chi connectivity index (χ1n) is 17.3. The molecule has 0 fully saturated rings. The summed E-state index contributed by atoms with van der Waals surface area (Å²) >= 11 is 0. The summed E-state index contributed by atoms with van der Waals surface area (Å²) in [6, 6.07) is 68.3. The second-order valence-electron chi connectivity index (χ2n) is 12.1. The first kappa shape index (κ1) is 41.0. The van der Waals surface area contributed by atoms with E-state index in [4.69, 9.17) is 0 Å². The first-order chi connectivity index (χ1) is 26.4. The molecule has 0 saturated carbocycles. The summed E-state index contributed by atoms with van der Waals surface area (Å²) in [6.07, 6.45) is -3.09. The number of pyridine rings is 1. The number of aromatic nitrogens is 4. The number of aryl methyl sites for hydroxylation is 1. The monoisotopic (exact) mass is 816 g/mol. The van der Waals surface area contributed by atoms with Crippen molar-refractivity contribution in [2.75, 3.05) is 0 Å². The van der Waals surface area contributed by atoms with Gasteiger partial charge in [-0.05, 0) is 103 Å². The SMILES string of the molecule is Cc1ccnc(-c2nc(C(F)(F)F)n[n-]2)c1.[Cu+].c1ccc([PH+](c2ccccc2)c2ccccc2)cc1.c1ccc([PH+](c2ccccc2)c2ccccc2)cc1. The van der Waals surface area contributed by atoms with Gasteiger partial charge in [0.25, 0.3) is 0 Å². The maximum atomic E-state index is 12.2. The van der Waals surface area contributed by atoms with Crippen molar-refractivity contribution in [1.29, 1.82) is 0 Å². The largest absolute Gasteiger partial charge is 1.00 e. The average molecular weight is 817 g/mol. The van der Waals surface area contributed by atoms with Crippen molar-refractivity contribution in [3.63, 3.8) is 0 Å². The molecule has 0 aliphatic carbocycles. The third kappa shape index (κ3) is 11.6. The van der Waals surface area contributed by atoms with Crippen LogP contribution in [0.1, 0.15) is 11.4 Å². The molecule has 6 aromatic carbocycles. The van der Waals surface area contributed by atoms with E-state index in [0.29, 0.717) is 0 Å². The molecule has 0 radical (unpaired) electrons. The average Bonchev–Trinajstić information content (AvgIpc) is 3.73. The molecule has 0 aliphatic rings. The van der Waals surface area contributed by atoms with E-state index < -0.39 is 27.8 Å². The number of halogens is 3. The summed E-state index contributed by atoms with van der Waals surface area (Å²) in [5.41, 5.74) is 1.14. The quantitative estimate of drug-likeness (QED) is 0.120. The van der Waals surface area contributed by atoms with E-state index in [0.717, 1.165) is 5.56 Å². The molecule has 0 bridgehead atoms. The number of rotatable bonds is 7. The molecule has 4 nitrogen and oxygen atoms in total. The Hall–Kier alpha value is -5.22. The summed E-state index contributed by atoms with van der Waals surface area (Å²) in [7, 11) is -1.75. The molecular formula is C45H38CuF3N4P2+2. The van der Waals surface area contributed by atoms with Gasteiger partial charge in [0.05, 0.1) is 21.5 Å². The molecule has 0 saturated heterocycles. The normalized spacial score (nSPS) is 10.7. The molecular weight excluding hydrogens is 779 g/mol. The van der Waals surface area contributed by atoms with Crippen LogP contribution in [0.2, 0.25) is 0 Å². The summed E-state index contributed by atoms with van der Waals surface area (Å²) in [5, 5.41) is 14.9. The number of hydrogen-bond donors (Lipinski definition) is 0. The number of alkyl halides is 3. The Morgan fingerprint density at radius 3 is 1.04 bits per heavy atom. The standard InChI is InChI=1S/2C18H15P.C9H6F3N4.Cu/c2*1-4-10-16(11-5-1)19(17-12-6-2-7-13-17)18-14-8-3-9-15-18;1-5-2-3-13-6(4-5)7-14-8(16-15-7)9(10,11)12;/h2*1-15H;2-4H,1H3;/q;;-1;+1/p+2. The van der Waals surface area contributed by atoms with Crippen LogP contribution in [0, 0.1) is 6.92 Å². The molecule has 0 amide bonds. The van der Waals surface area contributed by atoms with E-state index in [1.54, 1.807) is 19.1 Å². The van der Waals surface area contributed by atoms with Gasteiger partial charge in [-0.2, -0.15) is 13.2 Å². The van der Waals surface area contributed by atoms with Crippen molar-refractivity contribution in [2.24, 2.45) is 0 Å². The molecule has 0 N–H and O–H groups in total. The Bertz CT molecular complexity index is 1980. The zero-order chi connectivity index (χ0) is 37.6. The minimum atomic E-state index is -4.57. The van der Waals surface area contributed by atoms with Gasteiger partial charge in [-0.1, -0.05) is 109 Å². The van der Waals surface area contributed by atoms with Gasteiger partial charge >= 0.3 is 23.2 Å². The minimum Gasteiger partial charge on any atom is -0.413 e. The van der Waals surface area contributed by atoms with Crippen LogP contribution >= 0.6 is 15.8 Å². The second-order valence-corrected chi connectivity index (χ2v) is 17.1.